The SMILES string of the molecule is CC1CN(CC2CCN(C(=O)c3cc(Br)ccc3F)CC2)CC(C)O1. The van der Waals surface area contributed by atoms with E-state index in [0.29, 0.717) is 19.0 Å². The van der Waals surface area contributed by atoms with Crippen LogP contribution in [-0.4, -0.2) is 60.6 Å². The highest BCUT2D eigenvalue weighted by molar-refractivity contribution is 9.10. The van der Waals surface area contributed by atoms with Gasteiger partial charge in [0.2, 0.25) is 0 Å². The smallest absolute Gasteiger partial charge is 0.256 e. The number of carbonyl (C=O) groups is 1. The quantitative estimate of drug-likeness (QED) is 0.760. The van der Waals surface area contributed by atoms with Crippen molar-refractivity contribution in [1.82, 2.24) is 9.80 Å². The Bertz CT molecular complexity index is 609. The second kappa shape index (κ2) is 8.14. The summed E-state index contributed by atoms with van der Waals surface area (Å²) in [6.07, 6.45) is 2.51. The van der Waals surface area contributed by atoms with Crippen LogP contribution in [0.15, 0.2) is 22.7 Å². The number of rotatable bonds is 3. The first-order valence-corrected chi connectivity index (χ1v) is 9.84. The molecule has 2 saturated heterocycles. The van der Waals surface area contributed by atoms with Gasteiger partial charge in [-0.05, 0) is 50.8 Å². The van der Waals surface area contributed by atoms with Crippen LogP contribution in [-0.2, 0) is 4.74 Å². The maximum absolute atomic E-state index is 13.9. The average Bonchev–Trinajstić information content (AvgIpc) is 2.56. The molecule has 6 heteroatoms. The van der Waals surface area contributed by atoms with E-state index in [0.717, 1.165) is 36.9 Å². The van der Waals surface area contributed by atoms with E-state index in [9.17, 15) is 9.18 Å². The molecule has 25 heavy (non-hydrogen) atoms. The molecule has 2 fully saturated rings. The summed E-state index contributed by atoms with van der Waals surface area (Å²) in [5.41, 5.74) is 0.156. The Kier molecular flexibility index (Phi) is 6.12. The molecule has 0 aliphatic carbocycles. The highest BCUT2D eigenvalue weighted by Crippen LogP contribution is 2.24. The van der Waals surface area contributed by atoms with Gasteiger partial charge in [-0.2, -0.15) is 0 Å². The minimum absolute atomic E-state index is 0.156. The summed E-state index contributed by atoms with van der Waals surface area (Å²) in [7, 11) is 0. The molecule has 1 aromatic rings. The van der Waals surface area contributed by atoms with Gasteiger partial charge in [0.25, 0.3) is 5.91 Å². The molecule has 3 rings (SSSR count). The number of ether oxygens (including phenoxy) is 1. The molecule has 2 unspecified atom stereocenters. The lowest BCUT2D eigenvalue weighted by Crippen LogP contribution is -2.48. The second-order valence-electron chi connectivity index (χ2n) is 7.34. The van der Waals surface area contributed by atoms with Crippen LogP contribution in [0, 0.1) is 11.7 Å². The zero-order valence-corrected chi connectivity index (χ0v) is 16.5. The van der Waals surface area contributed by atoms with Crippen LogP contribution in [0.25, 0.3) is 0 Å². The third-order valence-corrected chi connectivity index (χ3v) is 5.57. The van der Waals surface area contributed by atoms with Crippen LogP contribution in [0.2, 0.25) is 0 Å². The van der Waals surface area contributed by atoms with Crippen molar-refractivity contribution < 1.29 is 13.9 Å². The number of hydrogen-bond donors (Lipinski definition) is 0. The molecule has 0 radical (unpaired) electrons. The zero-order valence-electron chi connectivity index (χ0n) is 14.9. The van der Waals surface area contributed by atoms with E-state index in [1.54, 1.807) is 17.0 Å². The van der Waals surface area contributed by atoms with Gasteiger partial charge in [-0.1, -0.05) is 15.9 Å². The number of likely N-dealkylation sites (tertiary alicyclic amines) is 1. The van der Waals surface area contributed by atoms with E-state index in [1.807, 2.05) is 0 Å². The maximum Gasteiger partial charge on any atom is 0.256 e. The molecule has 0 spiro atoms. The third kappa shape index (κ3) is 4.80. The van der Waals surface area contributed by atoms with Gasteiger partial charge < -0.3 is 9.64 Å². The van der Waals surface area contributed by atoms with E-state index in [-0.39, 0.29) is 23.7 Å². The van der Waals surface area contributed by atoms with Crippen LogP contribution in [0.3, 0.4) is 0 Å². The summed E-state index contributed by atoms with van der Waals surface area (Å²) in [6, 6.07) is 4.52. The number of hydrogen-bond acceptors (Lipinski definition) is 3. The van der Waals surface area contributed by atoms with Gasteiger partial charge in [0, 0.05) is 37.2 Å². The first-order chi connectivity index (χ1) is 11.9. The van der Waals surface area contributed by atoms with Crippen molar-refractivity contribution >= 4 is 21.8 Å². The highest BCUT2D eigenvalue weighted by atomic mass is 79.9. The van der Waals surface area contributed by atoms with Crippen molar-refractivity contribution in [3.8, 4) is 0 Å². The number of amides is 1. The number of morpholine rings is 1. The molecule has 2 aliphatic heterocycles. The number of piperidine rings is 1. The van der Waals surface area contributed by atoms with Gasteiger partial charge in [-0.3, -0.25) is 9.69 Å². The van der Waals surface area contributed by atoms with Crippen molar-refractivity contribution in [3.63, 3.8) is 0 Å². The molecule has 2 heterocycles. The monoisotopic (exact) mass is 412 g/mol. The molecule has 1 amide bonds. The Morgan fingerprint density at radius 3 is 2.52 bits per heavy atom. The molecule has 2 atom stereocenters. The number of halogens is 2. The van der Waals surface area contributed by atoms with E-state index in [2.05, 4.69) is 34.7 Å². The fourth-order valence-electron chi connectivity index (χ4n) is 3.95. The van der Waals surface area contributed by atoms with Crippen LogP contribution in [0.5, 0.6) is 0 Å². The van der Waals surface area contributed by atoms with Crippen LogP contribution in [0.1, 0.15) is 37.0 Å². The standard InChI is InChI=1S/C19H26BrFN2O2/c1-13-10-22(11-14(2)25-13)12-15-5-7-23(8-6-15)19(24)17-9-16(20)3-4-18(17)21/h3-4,9,13-15H,5-8,10-12H2,1-2H3. The molecule has 0 N–H and O–H groups in total. The molecule has 0 aromatic heterocycles. The van der Waals surface area contributed by atoms with Crippen molar-refractivity contribution in [2.45, 2.75) is 38.9 Å². The lowest BCUT2D eigenvalue weighted by molar-refractivity contribution is -0.0728. The fraction of sp³-hybridized carbons (Fsp3) is 0.632. The van der Waals surface area contributed by atoms with Gasteiger partial charge in [0.05, 0.1) is 17.8 Å². The van der Waals surface area contributed by atoms with E-state index >= 15 is 0 Å². The topological polar surface area (TPSA) is 32.8 Å². The number of nitrogens with zero attached hydrogens (tertiary/aromatic N) is 2. The minimum atomic E-state index is -0.452. The molecule has 2 aliphatic rings. The predicted molar refractivity (Wildman–Crippen MR) is 99.2 cm³/mol. The third-order valence-electron chi connectivity index (χ3n) is 5.07. The Morgan fingerprint density at radius 1 is 1.24 bits per heavy atom. The molecular weight excluding hydrogens is 387 g/mol. The first kappa shape index (κ1) is 18.8. The van der Waals surface area contributed by atoms with Crippen molar-refractivity contribution in [3.05, 3.63) is 34.1 Å². The van der Waals surface area contributed by atoms with E-state index < -0.39 is 5.82 Å². The number of carbonyl (C=O) groups excluding carboxylic acids is 1. The maximum atomic E-state index is 13.9. The first-order valence-electron chi connectivity index (χ1n) is 9.04. The predicted octanol–water partition coefficient (Wildman–Crippen LogP) is 3.55. The molecular formula is C19H26BrFN2O2. The van der Waals surface area contributed by atoms with Crippen LogP contribution >= 0.6 is 15.9 Å². The summed E-state index contributed by atoms with van der Waals surface area (Å²) in [5, 5.41) is 0. The molecule has 0 saturated carbocycles. The summed E-state index contributed by atoms with van der Waals surface area (Å²) in [5.74, 6) is -0.0635. The average molecular weight is 413 g/mol. The summed E-state index contributed by atoms with van der Waals surface area (Å²) in [4.78, 5) is 16.9. The van der Waals surface area contributed by atoms with Crippen molar-refractivity contribution in [2.75, 3.05) is 32.7 Å². The number of benzene rings is 1. The largest absolute Gasteiger partial charge is 0.373 e. The summed E-state index contributed by atoms with van der Waals surface area (Å²) < 4.78 is 20.5. The van der Waals surface area contributed by atoms with Crippen molar-refractivity contribution in [2.24, 2.45) is 5.92 Å². The Labute approximate surface area is 157 Å². The van der Waals surface area contributed by atoms with Crippen LogP contribution < -0.4 is 0 Å². The Hall–Kier alpha value is -0.980. The second-order valence-corrected chi connectivity index (χ2v) is 8.25. The zero-order chi connectivity index (χ0) is 18.0. The van der Waals surface area contributed by atoms with E-state index in [4.69, 9.17) is 4.74 Å². The van der Waals surface area contributed by atoms with Gasteiger partial charge in [-0.15, -0.1) is 0 Å². The van der Waals surface area contributed by atoms with Gasteiger partial charge in [0.15, 0.2) is 0 Å². The minimum Gasteiger partial charge on any atom is -0.373 e. The lowest BCUT2D eigenvalue weighted by atomic mass is 9.95. The summed E-state index contributed by atoms with van der Waals surface area (Å²) in [6.45, 7) is 8.66. The van der Waals surface area contributed by atoms with Crippen molar-refractivity contribution in [1.29, 1.82) is 0 Å². The fourth-order valence-corrected chi connectivity index (χ4v) is 4.31. The molecule has 1 aromatic carbocycles. The normalized spacial score (nSPS) is 26.0. The molecule has 4 nitrogen and oxygen atoms in total. The lowest BCUT2D eigenvalue weighted by Gasteiger charge is -2.39. The van der Waals surface area contributed by atoms with Gasteiger partial charge >= 0.3 is 0 Å². The van der Waals surface area contributed by atoms with Gasteiger partial charge in [-0.25, -0.2) is 4.39 Å². The summed E-state index contributed by atoms with van der Waals surface area (Å²) >= 11 is 3.31. The van der Waals surface area contributed by atoms with Crippen LogP contribution in [0.4, 0.5) is 4.39 Å². The van der Waals surface area contributed by atoms with Gasteiger partial charge in [0.1, 0.15) is 5.82 Å². The Balaban J connectivity index is 1.53. The van der Waals surface area contributed by atoms with E-state index in [1.165, 1.54) is 6.07 Å². The Morgan fingerprint density at radius 2 is 1.88 bits per heavy atom. The molecule has 138 valence electrons. The molecule has 0 bridgehead atoms. The highest BCUT2D eigenvalue weighted by Gasteiger charge is 2.29.